The number of allylic oxidation sites excluding steroid dienone is 1. The van der Waals surface area contributed by atoms with Crippen LogP contribution in [-0.2, 0) is 6.42 Å². The summed E-state index contributed by atoms with van der Waals surface area (Å²) in [6.45, 7) is 2.60. The van der Waals surface area contributed by atoms with Crippen molar-refractivity contribution in [3.05, 3.63) is 69.6 Å². The van der Waals surface area contributed by atoms with Gasteiger partial charge in [-0.25, -0.2) is 5.10 Å². The van der Waals surface area contributed by atoms with E-state index in [2.05, 4.69) is 26.7 Å². The molecule has 0 saturated heterocycles. The van der Waals surface area contributed by atoms with Crippen molar-refractivity contribution in [3.8, 4) is 17.1 Å². The maximum Gasteiger partial charge on any atom is 0.196 e. The van der Waals surface area contributed by atoms with Crippen LogP contribution in [0.4, 0.5) is 0 Å². The van der Waals surface area contributed by atoms with Crippen molar-refractivity contribution in [3.63, 3.8) is 0 Å². The quantitative estimate of drug-likeness (QED) is 0.572. The molecule has 0 aliphatic heterocycles. The molecule has 7 nitrogen and oxygen atoms in total. The van der Waals surface area contributed by atoms with E-state index in [4.69, 9.17) is 9.15 Å². The summed E-state index contributed by atoms with van der Waals surface area (Å²) in [5.74, 6) is 2.05. The molecule has 0 radical (unpaired) electrons. The first-order valence-electron chi connectivity index (χ1n) is 9.50. The maximum atomic E-state index is 13.1. The maximum absolute atomic E-state index is 13.1. The zero-order valence-electron chi connectivity index (χ0n) is 15.8. The highest BCUT2D eigenvalue weighted by Gasteiger charge is 2.24. The van der Waals surface area contributed by atoms with E-state index in [1.165, 1.54) is 0 Å². The number of H-pyrrole nitrogens is 1. The Kier molecular flexibility index (Phi) is 4.20. The third-order valence-electron chi connectivity index (χ3n) is 5.07. The van der Waals surface area contributed by atoms with Gasteiger partial charge in [-0.3, -0.25) is 4.79 Å². The Labute approximate surface area is 166 Å². The van der Waals surface area contributed by atoms with Crippen LogP contribution < -0.4 is 10.2 Å². The van der Waals surface area contributed by atoms with Crippen molar-refractivity contribution in [2.24, 2.45) is 0 Å². The average molecular weight is 386 g/mol. The molecule has 2 heterocycles. The second-order valence-corrected chi connectivity index (χ2v) is 6.87. The number of nitrogens with one attached hydrogen (secondary N) is 1. The smallest absolute Gasteiger partial charge is 0.196 e. The van der Waals surface area contributed by atoms with Crippen LogP contribution in [0.15, 0.2) is 51.7 Å². The summed E-state index contributed by atoms with van der Waals surface area (Å²) in [6, 6.07) is 13.3. The SMILES string of the molecule is CCOc1ccc(/C=C2\CCc3c2oc2ccc(-c4nnn[nH]4)cc2c3=O)cc1. The lowest BCUT2D eigenvalue weighted by molar-refractivity contribution is 0.340. The number of hydrogen-bond acceptors (Lipinski definition) is 6. The number of hydrogen-bond donors (Lipinski definition) is 1. The first-order valence-corrected chi connectivity index (χ1v) is 9.50. The lowest BCUT2D eigenvalue weighted by atomic mass is 10.1. The molecular weight excluding hydrogens is 368 g/mol. The predicted octanol–water partition coefficient (Wildman–Crippen LogP) is 3.86. The van der Waals surface area contributed by atoms with Gasteiger partial charge in [-0.05, 0) is 77.7 Å². The Bertz CT molecular complexity index is 1270. The van der Waals surface area contributed by atoms with Gasteiger partial charge in [0.05, 0.1) is 12.0 Å². The van der Waals surface area contributed by atoms with Crippen molar-refractivity contribution in [1.82, 2.24) is 20.6 Å². The van der Waals surface area contributed by atoms with Crippen molar-refractivity contribution >= 4 is 22.6 Å². The van der Waals surface area contributed by atoms with E-state index >= 15 is 0 Å². The van der Waals surface area contributed by atoms with Gasteiger partial charge in [0.2, 0.25) is 0 Å². The number of aromatic nitrogens is 4. The number of aromatic amines is 1. The highest BCUT2D eigenvalue weighted by molar-refractivity contribution is 5.88. The topological polar surface area (TPSA) is 93.9 Å². The molecule has 1 aliphatic carbocycles. The molecule has 0 saturated carbocycles. The van der Waals surface area contributed by atoms with Crippen molar-refractivity contribution in [1.29, 1.82) is 0 Å². The number of rotatable bonds is 4. The van der Waals surface area contributed by atoms with Crippen LogP contribution in [0.2, 0.25) is 0 Å². The molecule has 0 amide bonds. The summed E-state index contributed by atoms with van der Waals surface area (Å²) < 4.78 is 11.6. The number of fused-ring (bicyclic) bond motifs is 2. The van der Waals surface area contributed by atoms with Crippen molar-refractivity contribution in [2.45, 2.75) is 19.8 Å². The van der Waals surface area contributed by atoms with Gasteiger partial charge < -0.3 is 9.15 Å². The summed E-state index contributed by atoms with van der Waals surface area (Å²) in [6.07, 6.45) is 3.52. The van der Waals surface area contributed by atoms with Crippen LogP contribution >= 0.6 is 0 Å². The van der Waals surface area contributed by atoms with Gasteiger partial charge in [0.25, 0.3) is 0 Å². The molecule has 0 fully saturated rings. The number of tetrazole rings is 1. The van der Waals surface area contributed by atoms with Gasteiger partial charge in [-0.1, -0.05) is 12.1 Å². The van der Waals surface area contributed by atoms with Crippen LogP contribution in [0.1, 0.15) is 30.2 Å². The third-order valence-corrected chi connectivity index (χ3v) is 5.07. The first-order chi connectivity index (χ1) is 14.2. The van der Waals surface area contributed by atoms with E-state index in [0.717, 1.165) is 34.4 Å². The second-order valence-electron chi connectivity index (χ2n) is 6.87. The van der Waals surface area contributed by atoms with Crippen LogP contribution in [-0.4, -0.2) is 27.2 Å². The van der Waals surface area contributed by atoms with Gasteiger partial charge in [-0.15, -0.1) is 5.10 Å². The standard InChI is InChI=1S/C22H18N4O3/c1-2-28-16-7-3-13(4-8-16)11-14-5-9-17-20(27)18-12-15(22-23-25-26-24-22)6-10-19(18)29-21(14)17/h3-4,6-8,10-12H,2,5,9H2,1H3,(H,23,24,25,26)/b14-11+. The van der Waals surface area contributed by atoms with E-state index in [1.54, 1.807) is 12.1 Å². The molecule has 2 aromatic heterocycles. The van der Waals surface area contributed by atoms with E-state index in [0.29, 0.717) is 35.6 Å². The molecule has 5 rings (SSSR count). The van der Waals surface area contributed by atoms with Crippen LogP contribution in [0.3, 0.4) is 0 Å². The van der Waals surface area contributed by atoms with Crippen LogP contribution in [0.5, 0.6) is 5.75 Å². The second kappa shape index (κ2) is 7.01. The molecule has 0 spiro atoms. The third kappa shape index (κ3) is 3.10. The zero-order chi connectivity index (χ0) is 19.8. The molecule has 4 aromatic rings. The zero-order valence-corrected chi connectivity index (χ0v) is 15.8. The van der Waals surface area contributed by atoms with Crippen molar-refractivity contribution < 1.29 is 9.15 Å². The minimum Gasteiger partial charge on any atom is -0.494 e. The van der Waals surface area contributed by atoms with E-state index in [1.807, 2.05) is 37.3 Å². The summed E-state index contributed by atoms with van der Waals surface area (Å²) in [5.41, 5.74) is 4.12. The lowest BCUT2D eigenvalue weighted by Gasteiger charge is -2.06. The minimum atomic E-state index is 0.00525. The highest BCUT2D eigenvalue weighted by atomic mass is 16.5. The van der Waals surface area contributed by atoms with E-state index in [9.17, 15) is 4.79 Å². The number of nitrogens with zero attached hydrogens (tertiary/aromatic N) is 3. The Morgan fingerprint density at radius 3 is 2.79 bits per heavy atom. The molecule has 144 valence electrons. The molecule has 29 heavy (non-hydrogen) atoms. The fourth-order valence-corrected chi connectivity index (χ4v) is 3.69. The Balaban J connectivity index is 1.56. The van der Waals surface area contributed by atoms with Crippen LogP contribution in [0.25, 0.3) is 34.0 Å². The molecular formula is C22H18N4O3. The lowest BCUT2D eigenvalue weighted by Crippen LogP contribution is -2.08. The Morgan fingerprint density at radius 1 is 1.17 bits per heavy atom. The van der Waals surface area contributed by atoms with Gasteiger partial charge in [0, 0.05) is 11.1 Å². The monoisotopic (exact) mass is 386 g/mol. The van der Waals surface area contributed by atoms with Gasteiger partial charge in [0.15, 0.2) is 11.3 Å². The first kappa shape index (κ1) is 17.4. The fourth-order valence-electron chi connectivity index (χ4n) is 3.69. The van der Waals surface area contributed by atoms with Crippen LogP contribution in [0, 0.1) is 0 Å². The van der Waals surface area contributed by atoms with Gasteiger partial charge in [-0.2, -0.15) is 0 Å². The Hall–Kier alpha value is -3.74. The molecule has 0 unspecified atom stereocenters. The Morgan fingerprint density at radius 2 is 2.03 bits per heavy atom. The summed E-state index contributed by atoms with van der Waals surface area (Å²) in [7, 11) is 0. The number of ether oxygens (including phenoxy) is 1. The molecule has 2 aromatic carbocycles. The number of benzene rings is 2. The van der Waals surface area contributed by atoms with E-state index in [-0.39, 0.29) is 5.43 Å². The minimum absolute atomic E-state index is 0.00525. The molecule has 1 N–H and O–H groups in total. The summed E-state index contributed by atoms with van der Waals surface area (Å²) >= 11 is 0. The van der Waals surface area contributed by atoms with Gasteiger partial charge >= 0.3 is 0 Å². The molecule has 0 bridgehead atoms. The highest BCUT2D eigenvalue weighted by Crippen LogP contribution is 2.34. The molecule has 7 heteroatoms. The largest absolute Gasteiger partial charge is 0.494 e. The van der Waals surface area contributed by atoms with Crippen molar-refractivity contribution in [2.75, 3.05) is 6.61 Å². The normalized spacial score (nSPS) is 14.4. The summed E-state index contributed by atoms with van der Waals surface area (Å²) in [5, 5.41) is 14.3. The summed E-state index contributed by atoms with van der Waals surface area (Å²) in [4.78, 5) is 13.1. The van der Waals surface area contributed by atoms with E-state index < -0.39 is 0 Å². The fraction of sp³-hybridized carbons (Fsp3) is 0.182. The molecule has 0 atom stereocenters. The van der Waals surface area contributed by atoms with Gasteiger partial charge in [0.1, 0.15) is 17.1 Å². The average Bonchev–Trinajstić information content (AvgIpc) is 3.41. The molecule has 1 aliphatic rings. The predicted molar refractivity (Wildman–Crippen MR) is 109 cm³/mol.